The Morgan fingerprint density at radius 3 is 2.46 bits per heavy atom. The molecule has 0 saturated heterocycles. The normalized spacial score (nSPS) is 9.92. The van der Waals surface area contributed by atoms with Crippen LogP contribution < -0.4 is 11.1 Å². The van der Waals surface area contributed by atoms with Gasteiger partial charge in [-0.3, -0.25) is 0 Å². The fourth-order valence-corrected chi connectivity index (χ4v) is 1.11. The molecule has 0 aliphatic rings. The average Bonchev–Trinajstić information content (AvgIpc) is 2.09. The van der Waals surface area contributed by atoms with E-state index in [9.17, 15) is 4.79 Å². The van der Waals surface area contributed by atoms with Crippen molar-refractivity contribution >= 4 is 6.09 Å². The van der Waals surface area contributed by atoms with Crippen molar-refractivity contribution < 1.29 is 9.53 Å². The van der Waals surface area contributed by atoms with Gasteiger partial charge in [-0.1, -0.05) is 19.3 Å². The smallest absolute Gasteiger partial charge is 0.404 e. The number of amides is 1. The van der Waals surface area contributed by atoms with Crippen LogP contribution in [0.3, 0.4) is 0 Å². The van der Waals surface area contributed by atoms with E-state index in [2.05, 4.69) is 10.1 Å². The number of carbonyl (C=O) groups excluding carboxylic acids is 1. The second-order valence-corrected chi connectivity index (χ2v) is 3.04. The molecule has 4 nitrogen and oxygen atoms in total. The molecule has 0 aliphatic carbocycles. The van der Waals surface area contributed by atoms with E-state index in [1.165, 1.54) is 19.3 Å². The second kappa shape index (κ2) is 9.32. The maximum absolute atomic E-state index is 10.2. The Balaban J connectivity index is 2.87. The summed E-state index contributed by atoms with van der Waals surface area (Å²) in [6, 6.07) is 0. The van der Waals surface area contributed by atoms with Crippen LogP contribution in [0.25, 0.3) is 0 Å². The molecule has 0 rings (SSSR count). The molecule has 0 unspecified atom stereocenters. The zero-order chi connectivity index (χ0) is 9.94. The number of rotatable bonds is 8. The van der Waals surface area contributed by atoms with Crippen LogP contribution in [0.4, 0.5) is 4.79 Å². The van der Waals surface area contributed by atoms with Gasteiger partial charge in [0.2, 0.25) is 0 Å². The van der Waals surface area contributed by atoms with E-state index in [1.54, 1.807) is 0 Å². The Labute approximate surface area is 79.8 Å². The van der Waals surface area contributed by atoms with Gasteiger partial charge in [-0.05, 0) is 26.4 Å². The highest BCUT2D eigenvalue weighted by atomic mass is 16.5. The molecule has 13 heavy (non-hydrogen) atoms. The van der Waals surface area contributed by atoms with Crippen molar-refractivity contribution in [3.8, 4) is 0 Å². The molecule has 0 radical (unpaired) electrons. The number of nitrogens with two attached hydrogens (primary N) is 1. The van der Waals surface area contributed by atoms with E-state index in [0.29, 0.717) is 6.61 Å². The van der Waals surface area contributed by atoms with Crippen molar-refractivity contribution in [2.45, 2.75) is 32.1 Å². The lowest BCUT2D eigenvalue weighted by Crippen LogP contribution is -2.13. The minimum Gasteiger partial charge on any atom is -0.450 e. The Kier molecular flexibility index (Phi) is 8.77. The molecule has 0 spiro atoms. The molecular formula is C9H20N2O2. The molecule has 4 heteroatoms. The van der Waals surface area contributed by atoms with Crippen molar-refractivity contribution in [1.29, 1.82) is 0 Å². The van der Waals surface area contributed by atoms with Gasteiger partial charge < -0.3 is 15.8 Å². The van der Waals surface area contributed by atoms with E-state index >= 15 is 0 Å². The lowest BCUT2D eigenvalue weighted by atomic mass is 10.1. The largest absolute Gasteiger partial charge is 0.450 e. The zero-order valence-corrected chi connectivity index (χ0v) is 8.34. The lowest BCUT2D eigenvalue weighted by molar-refractivity contribution is 0.154. The molecule has 0 atom stereocenters. The van der Waals surface area contributed by atoms with Gasteiger partial charge in [0.05, 0.1) is 6.61 Å². The van der Waals surface area contributed by atoms with Crippen LogP contribution in [0, 0.1) is 0 Å². The summed E-state index contributed by atoms with van der Waals surface area (Å²) in [6.07, 6.45) is 5.00. The highest BCUT2D eigenvalue weighted by Crippen LogP contribution is 2.02. The highest BCUT2D eigenvalue weighted by molar-refractivity contribution is 5.64. The standard InChI is InChI=1S/C9H20N2O2/c1-11-7-5-3-2-4-6-8-13-9(10)12/h11H,2-8H2,1H3,(H2,10,12). The van der Waals surface area contributed by atoms with Gasteiger partial charge in [0, 0.05) is 0 Å². The fraction of sp³-hybridized carbons (Fsp3) is 0.889. The molecule has 78 valence electrons. The van der Waals surface area contributed by atoms with Gasteiger partial charge in [-0.25, -0.2) is 4.79 Å². The van der Waals surface area contributed by atoms with E-state index in [0.717, 1.165) is 19.4 Å². The first kappa shape index (κ1) is 12.2. The maximum atomic E-state index is 10.2. The fourth-order valence-electron chi connectivity index (χ4n) is 1.11. The zero-order valence-electron chi connectivity index (χ0n) is 8.34. The van der Waals surface area contributed by atoms with Crippen molar-refractivity contribution in [2.24, 2.45) is 5.73 Å². The average molecular weight is 188 g/mol. The van der Waals surface area contributed by atoms with Crippen molar-refractivity contribution in [3.63, 3.8) is 0 Å². The number of hydrogen-bond acceptors (Lipinski definition) is 3. The number of hydrogen-bond donors (Lipinski definition) is 2. The van der Waals surface area contributed by atoms with Gasteiger partial charge >= 0.3 is 6.09 Å². The summed E-state index contributed by atoms with van der Waals surface area (Å²) in [6.45, 7) is 1.54. The van der Waals surface area contributed by atoms with Gasteiger partial charge in [0.1, 0.15) is 0 Å². The number of ether oxygens (including phenoxy) is 1. The van der Waals surface area contributed by atoms with Crippen LogP contribution in [0.15, 0.2) is 0 Å². The summed E-state index contributed by atoms with van der Waals surface area (Å²) in [5.41, 5.74) is 4.80. The summed E-state index contributed by atoms with van der Waals surface area (Å²) in [5.74, 6) is 0. The van der Waals surface area contributed by atoms with E-state index < -0.39 is 6.09 Å². The third-order valence-corrected chi connectivity index (χ3v) is 1.82. The van der Waals surface area contributed by atoms with Crippen LogP contribution in [0.1, 0.15) is 32.1 Å². The summed E-state index contributed by atoms with van der Waals surface area (Å²) < 4.78 is 4.60. The first-order valence-corrected chi connectivity index (χ1v) is 4.84. The molecule has 3 N–H and O–H groups in total. The Bertz CT molecular complexity index is 129. The van der Waals surface area contributed by atoms with Gasteiger partial charge in [-0.15, -0.1) is 0 Å². The molecule has 0 bridgehead atoms. The number of carbonyl (C=O) groups is 1. The Morgan fingerprint density at radius 2 is 1.85 bits per heavy atom. The van der Waals surface area contributed by atoms with E-state index in [-0.39, 0.29) is 0 Å². The minimum atomic E-state index is -0.671. The summed E-state index contributed by atoms with van der Waals surface area (Å²) in [4.78, 5) is 10.2. The second-order valence-electron chi connectivity index (χ2n) is 3.04. The minimum absolute atomic E-state index is 0.460. The van der Waals surface area contributed by atoms with E-state index in [1.807, 2.05) is 7.05 Å². The lowest BCUT2D eigenvalue weighted by Gasteiger charge is -2.01. The molecule has 0 aromatic carbocycles. The summed E-state index contributed by atoms with van der Waals surface area (Å²) in [7, 11) is 1.96. The van der Waals surface area contributed by atoms with Crippen LogP contribution in [0.2, 0.25) is 0 Å². The summed E-state index contributed by atoms with van der Waals surface area (Å²) in [5, 5.41) is 3.10. The molecule has 0 saturated carbocycles. The first-order valence-electron chi connectivity index (χ1n) is 4.84. The van der Waals surface area contributed by atoms with Crippen molar-refractivity contribution in [2.75, 3.05) is 20.2 Å². The van der Waals surface area contributed by atoms with E-state index in [4.69, 9.17) is 5.73 Å². The molecule has 0 heterocycles. The van der Waals surface area contributed by atoms with Gasteiger partial charge in [0.15, 0.2) is 0 Å². The summed E-state index contributed by atoms with van der Waals surface area (Å²) >= 11 is 0. The molecule has 0 aromatic heterocycles. The molecule has 0 aliphatic heterocycles. The predicted octanol–water partition coefficient (Wildman–Crippen LogP) is 1.25. The third kappa shape index (κ3) is 11.2. The van der Waals surface area contributed by atoms with Gasteiger partial charge in [-0.2, -0.15) is 0 Å². The van der Waals surface area contributed by atoms with Crippen LogP contribution in [-0.4, -0.2) is 26.3 Å². The highest BCUT2D eigenvalue weighted by Gasteiger charge is 1.93. The van der Waals surface area contributed by atoms with Crippen LogP contribution >= 0.6 is 0 Å². The Morgan fingerprint density at radius 1 is 1.23 bits per heavy atom. The van der Waals surface area contributed by atoms with Crippen molar-refractivity contribution in [3.05, 3.63) is 0 Å². The quantitative estimate of drug-likeness (QED) is 0.563. The molecule has 1 amide bonds. The topological polar surface area (TPSA) is 64.3 Å². The molecule has 0 aromatic rings. The number of nitrogens with one attached hydrogen (secondary N) is 1. The Hall–Kier alpha value is -0.770. The number of primary amides is 1. The van der Waals surface area contributed by atoms with Crippen molar-refractivity contribution in [1.82, 2.24) is 5.32 Å². The predicted molar refractivity (Wildman–Crippen MR) is 52.5 cm³/mol. The maximum Gasteiger partial charge on any atom is 0.404 e. The SMILES string of the molecule is CNCCCCCCCOC(N)=O. The number of unbranched alkanes of at least 4 members (excludes halogenated alkanes) is 4. The van der Waals surface area contributed by atoms with Crippen LogP contribution in [-0.2, 0) is 4.74 Å². The van der Waals surface area contributed by atoms with Crippen LogP contribution in [0.5, 0.6) is 0 Å². The molecule has 0 fully saturated rings. The van der Waals surface area contributed by atoms with Gasteiger partial charge in [0.25, 0.3) is 0 Å². The molecular weight excluding hydrogens is 168 g/mol. The first-order chi connectivity index (χ1) is 6.27. The monoisotopic (exact) mass is 188 g/mol. The third-order valence-electron chi connectivity index (χ3n) is 1.82.